The quantitative estimate of drug-likeness (QED) is 0.699. The van der Waals surface area contributed by atoms with Crippen LogP contribution < -0.4 is 10.1 Å². The second kappa shape index (κ2) is 6.43. The number of hydrogen-bond donors (Lipinski definition) is 2. The highest BCUT2D eigenvalue weighted by atomic mass is 16.5. The number of ether oxygens (including phenoxy) is 1. The molecule has 1 aromatic carbocycles. The Hall–Kier alpha value is -1.06. The van der Waals surface area contributed by atoms with Crippen molar-refractivity contribution < 1.29 is 9.84 Å². The van der Waals surface area contributed by atoms with E-state index in [1.807, 2.05) is 18.2 Å². The molecule has 1 atom stereocenters. The maximum Gasteiger partial charge on any atom is 0.119 e. The Bertz CT molecular complexity index is 287. The number of rotatable bonds is 6. The molecule has 84 valence electrons. The number of benzene rings is 1. The van der Waals surface area contributed by atoms with Crippen LogP contribution in [0.15, 0.2) is 24.3 Å². The van der Waals surface area contributed by atoms with Crippen molar-refractivity contribution in [2.24, 2.45) is 0 Å². The molecule has 3 heteroatoms. The van der Waals surface area contributed by atoms with E-state index in [9.17, 15) is 0 Å². The molecule has 0 amide bonds. The predicted octanol–water partition coefficient (Wildman–Crippen LogP) is 1.56. The van der Waals surface area contributed by atoms with Crippen molar-refractivity contribution in [2.45, 2.75) is 26.0 Å². The molecule has 0 fully saturated rings. The summed E-state index contributed by atoms with van der Waals surface area (Å²) in [5.74, 6) is 0.879. The lowest BCUT2D eigenvalue weighted by Gasteiger charge is -2.07. The van der Waals surface area contributed by atoms with Crippen LogP contribution in [0, 0.1) is 0 Å². The second-order valence-electron chi connectivity index (χ2n) is 3.67. The van der Waals surface area contributed by atoms with Crippen molar-refractivity contribution in [3.05, 3.63) is 29.8 Å². The third-order valence-electron chi connectivity index (χ3n) is 2.20. The zero-order valence-corrected chi connectivity index (χ0v) is 9.36. The number of methoxy groups -OCH3 is 1. The summed E-state index contributed by atoms with van der Waals surface area (Å²) in [6.07, 6.45) is 0.548. The van der Waals surface area contributed by atoms with E-state index in [4.69, 9.17) is 9.84 Å². The van der Waals surface area contributed by atoms with E-state index in [1.54, 1.807) is 14.0 Å². The van der Waals surface area contributed by atoms with E-state index in [2.05, 4.69) is 11.4 Å². The van der Waals surface area contributed by atoms with Gasteiger partial charge in [-0.05, 0) is 37.6 Å². The lowest BCUT2D eigenvalue weighted by molar-refractivity contribution is 0.183. The van der Waals surface area contributed by atoms with E-state index in [0.717, 1.165) is 25.3 Å². The minimum Gasteiger partial charge on any atom is -0.497 e. The van der Waals surface area contributed by atoms with Gasteiger partial charge in [-0.1, -0.05) is 12.1 Å². The van der Waals surface area contributed by atoms with Gasteiger partial charge in [-0.2, -0.15) is 0 Å². The molecule has 0 heterocycles. The van der Waals surface area contributed by atoms with E-state index in [1.165, 1.54) is 5.56 Å². The SMILES string of the molecule is COc1cccc(CNCC[C@@H](C)O)c1. The Kier molecular flexibility index (Phi) is 5.15. The maximum absolute atomic E-state index is 9.07. The van der Waals surface area contributed by atoms with Gasteiger partial charge in [0.15, 0.2) is 0 Å². The van der Waals surface area contributed by atoms with Crippen molar-refractivity contribution in [1.82, 2.24) is 5.32 Å². The van der Waals surface area contributed by atoms with E-state index in [0.29, 0.717) is 0 Å². The molecule has 0 saturated heterocycles. The molecule has 0 radical (unpaired) electrons. The molecule has 15 heavy (non-hydrogen) atoms. The zero-order chi connectivity index (χ0) is 11.1. The fourth-order valence-electron chi connectivity index (χ4n) is 1.33. The lowest BCUT2D eigenvalue weighted by Crippen LogP contribution is -2.18. The molecule has 2 N–H and O–H groups in total. The maximum atomic E-state index is 9.07. The van der Waals surface area contributed by atoms with Crippen LogP contribution in [0.3, 0.4) is 0 Å². The smallest absolute Gasteiger partial charge is 0.119 e. The molecule has 0 unspecified atom stereocenters. The fourth-order valence-corrected chi connectivity index (χ4v) is 1.33. The molecule has 0 aliphatic heterocycles. The van der Waals surface area contributed by atoms with Crippen molar-refractivity contribution in [1.29, 1.82) is 0 Å². The van der Waals surface area contributed by atoms with Gasteiger partial charge in [-0.15, -0.1) is 0 Å². The Labute approximate surface area is 91.1 Å². The molecule has 0 bridgehead atoms. The molecule has 0 aliphatic rings. The van der Waals surface area contributed by atoms with E-state index in [-0.39, 0.29) is 6.10 Å². The van der Waals surface area contributed by atoms with Crippen molar-refractivity contribution in [3.8, 4) is 5.75 Å². The number of aliphatic hydroxyl groups is 1. The standard InChI is InChI=1S/C12H19NO2/c1-10(14)6-7-13-9-11-4-3-5-12(8-11)15-2/h3-5,8,10,13-14H,6-7,9H2,1-2H3/t10-/m1/s1. The normalized spacial score (nSPS) is 12.5. The summed E-state index contributed by atoms with van der Waals surface area (Å²) in [6.45, 7) is 3.44. The summed E-state index contributed by atoms with van der Waals surface area (Å²) in [5, 5.41) is 12.3. The monoisotopic (exact) mass is 209 g/mol. The van der Waals surface area contributed by atoms with Crippen LogP contribution in [-0.4, -0.2) is 24.9 Å². The predicted molar refractivity (Wildman–Crippen MR) is 61.0 cm³/mol. The van der Waals surface area contributed by atoms with Gasteiger partial charge in [-0.3, -0.25) is 0 Å². The van der Waals surface area contributed by atoms with Gasteiger partial charge >= 0.3 is 0 Å². The van der Waals surface area contributed by atoms with Crippen LogP contribution in [-0.2, 0) is 6.54 Å². The first-order chi connectivity index (χ1) is 7.22. The van der Waals surface area contributed by atoms with Crippen molar-refractivity contribution in [3.63, 3.8) is 0 Å². The average molecular weight is 209 g/mol. The molecular weight excluding hydrogens is 190 g/mol. The molecular formula is C12H19NO2. The molecule has 0 aliphatic carbocycles. The molecule has 1 aromatic rings. The Morgan fingerprint density at radius 2 is 2.27 bits per heavy atom. The fraction of sp³-hybridized carbons (Fsp3) is 0.500. The zero-order valence-electron chi connectivity index (χ0n) is 9.36. The minimum atomic E-state index is -0.234. The average Bonchev–Trinajstić information content (AvgIpc) is 2.24. The summed E-state index contributed by atoms with van der Waals surface area (Å²) in [7, 11) is 1.67. The summed E-state index contributed by atoms with van der Waals surface area (Å²) in [6, 6.07) is 7.97. The van der Waals surface area contributed by atoms with Gasteiger partial charge in [0.25, 0.3) is 0 Å². The first-order valence-electron chi connectivity index (χ1n) is 5.24. The third-order valence-corrected chi connectivity index (χ3v) is 2.20. The summed E-state index contributed by atoms with van der Waals surface area (Å²) >= 11 is 0. The van der Waals surface area contributed by atoms with Gasteiger partial charge in [0.1, 0.15) is 5.75 Å². The highest BCUT2D eigenvalue weighted by molar-refractivity contribution is 5.28. The molecule has 3 nitrogen and oxygen atoms in total. The summed E-state index contributed by atoms with van der Waals surface area (Å²) < 4.78 is 5.13. The lowest BCUT2D eigenvalue weighted by atomic mass is 10.2. The van der Waals surface area contributed by atoms with Crippen LogP contribution >= 0.6 is 0 Å². The van der Waals surface area contributed by atoms with Gasteiger partial charge in [-0.25, -0.2) is 0 Å². The van der Waals surface area contributed by atoms with Crippen LogP contribution in [0.4, 0.5) is 0 Å². The topological polar surface area (TPSA) is 41.5 Å². The third kappa shape index (κ3) is 4.81. The van der Waals surface area contributed by atoms with Crippen molar-refractivity contribution in [2.75, 3.05) is 13.7 Å². The van der Waals surface area contributed by atoms with Crippen molar-refractivity contribution >= 4 is 0 Å². The number of aliphatic hydroxyl groups excluding tert-OH is 1. The van der Waals surface area contributed by atoms with Crippen LogP contribution in [0.1, 0.15) is 18.9 Å². The minimum absolute atomic E-state index is 0.234. The van der Waals surface area contributed by atoms with Gasteiger partial charge < -0.3 is 15.2 Å². The number of hydrogen-bond acceptors (Lipinski definition) is 3. The first kappa shape index (κ1) is 12.0. The first-order valence-corrected chi connectivity index (χ1v) is 5.24. The second-order valence-corrected chi connectivity index (χ2v) is 3.67. The van der Waals surface area contributed by atoms with Gasteiger partial charge in [0.2, 0.25) is 0 Å². The highest BCUT2D eigenvalue weighted by Crippen LogP contribution is 2.11. The van der Waals surface area contributed by atoms with Crippen LogP contribution in [0.25, 0.3) is 0 Å². The van der Waals surface area contributed by atoms with Crippen LogP contribution in [0.2, 0.25) is 0 Å². The summed E-state index contributed by atoms with van der Waals surface area (Å²) in [5.41, 5.74) is 1.19. The molecule has 1 rings (SSSR count). The van der Waals surface area contributed by atoms with E-state index >= 15 is 0 Å². The number of nitrogens with one attached hydrogen (secondary N) is 1. The van der Waals surface area contributed by atoms with Gasteiger partial charge in [0, 0.05) is 6.54 Å². The Balaban J connectivity index is 2.30. The van der Waals surface area contributed by atoms with E-state index < -0.39 is 0 Å². The molecule has 0 aromatic heterocycles. The Morgan fingerprint density at radius 3 is 2.93 bits per heavy atom. The molecule has 0 saturated carbocycles. The molecule has 0 spiro atoms. The van der Waals surface area contributed by atoms with Gasteiger partial charge in [0.05, 0.1) is 13.2 Å². The highest BCUT2D eigenvalue weighted by Gasteiger charge is 1.97. The Morgan fingerprint density at radius 1 is 1.47 bits per heavy atom. The van der Waals surface area contributed by atoms with Crippen LogP contribution in [0.5, 0.6) is 5.75 Å². The summed E-state index contributed by atoms with van der Waals surface area (Å²) in [4.78, 5) is 0. The largest absolute Gasteiger partial charge is 0.497 e.